The predicted molar refractivity (Wildman–Crippen MR) is 73.0 cm³/mol. The van der Waals surface area contributed by atoms with Gasteiger partial charge in [-0.15, -0.1) is 5.10 Å². The van der Waals surface area contributed by atoms with E-state index in [1.165, 1.54) is 18.2 Å². The smallest absolute Gasteiger partial charge is 0.337 e. The number of non-ortho nitro benzene ring substituents is 1. The molecule has 0 bridgehead atoms. The first-order valence-corrected chi connectivity index (χ1v) is 6.17. The Labute approximate surface area is 119 Å². The lowest BCUT2D eigenvalue weighted by Crippen LogP contribution is -2.15. The van der Waals surface area contributed by atoms with Crippen LogP contribution in [0.15, 0.2) is 24.3 Å². The van der Waals surface area contributed by atoms with Crippen LogP contribution in [0.1, 0.15) is 12.5 Å². The zero-order valence-corrected chi connectivity index (χ0v) is 11.2. The maximum atomic E-state index is 11.8. The number of carbonyl (C=O) groups excluding carboxylic acids is 1. The highest BCUT2D eigenvalue weighted by Crippen LogP contribution is 2.14. The summed E-state index contributed by atoms with van der Waals surface area (Å²) in [5.41, 5.74) is 0.477. The zero-order chi connectivity index (χ0) is 15.2. The molecule has 0 radical (unpaired) electrons. The third-order valence-electron chi connectivity index (χ3n) is 2.48. The first-order valence-electron chi connectivity index (χ1n) is 6.17. The Hall–Kier alpha value is -2.97. The third-order valence-corrected chi connectivity index (χ3v) is 2.48. The molecule has 110 valence electrons. The summed E-state index contributed by atoms with van der Waals surface area (Å²) in [6, 6.07) is 6.03. The van der Waals surface area contributed by atoms with Crippen molar-refractivity contribution >= 4 is 17.5 Å². The molecule has 0 unspecified atom stereocenters. The molecule has 0 aliphatic carbocycles. The van der Waals surface area contributed by atoms with E-state index in [0.29, 0.717) is 12.2 Å². The van der Waals surface area contributed by atoms with Crippen LogP contribution >= 0.6 is 0 Å². The monoisotopic (exact) mass is 291 g/mol. The molecule has 2 N–H and O–H groups in total. The van der Waals surface area contributed by atoms with E-state index >= 15 is 0 Å². The number of anilines is 1. The summed E-state index contributed by atoms with van der Waals surface area (Å²) in [6.07, 6.45) is -0.00759. The Kier molecular flexibility index (Phi) is 4.44. The number of benzene rings is 1. The minimum atomic E-state index is -0.508. The van der Waals surface area contributed by atoms with Crippen LogP contribution in [0.25, 0.3) is 0 Å². The Morgan fingerprint density at radius 3 is 3.05 bits per heavy atom. The van der Waals surface area contributed by atoms with Gasteiger partial charge in [0.05, 0.1) is 18.0 Å². The summed E-state index contributed by atoms with van der Waals surface area (Å²) in [6.45, 7) is 2.20. The molecule has 0 saturated heterocycles. The van der Waals surface area contributed by atoms with Crippen molar-refractivity contribution in [3.8, 4) is 6.01 Å². The topological polar surface area (TPSA) is 123 Å². The molecule has 2 rings (SSSR count). The minimum Gasteiger partial charge on any atom is -0.463 e. The Bertz CT molecular complexity index is 655. The van der Waals surface area contributed by atoms with Crippen molar-refractivity contribution in [2.75, 3.05) is 11.9 Å². The second-order valence-corrected chi connectivity index (χ2v) is 4.05. The molecule has 21 heavy (non-hydrogen) atoms. The van der Waals surface area contributed by atoms with E-state index in [-0.39, 0.29) is 30.0 Å². The number of nitrogens with zero attached hydrogens (tertiary/aromatic N) is 3. The van der Waals surface area contributed by atoms with Gasteiger partial charge in [0.1, 0.15) is 0 Å². The largest absolute Gasteiger partial charge is 0.463 e. The van der Waals surface area contributed by atoms with Crippen molar-refractivity contribution in [2.45, 2.75) is 13.3 Å². The maximum Gasteiger partial charge on any atom is 0.337 e. The summed E-state index contributed by atoms with van der Waals surface area (Å²) >= 11 is 0. The van der Waals surface area contributed by atoms with Crippen LogP contribution in [-0.2, 0) is 11.2 Å². The quantitative estimate of drug-likeness (QED) is 0.610. The summed E-state index contributed by atoms with van der Waals surface area (Å²) < 4.78 is 5.05. The van der Waals surface area contributed by atoms with Gasteiger partial charge in [0.25, 0.3) is 5.69 Å². The molecular weight excluding hydrogens is 278 g/mol. The lowest BCUT2D eigenvalue weighted by Gasteiger charge is -2.01. The number of nitro groups is 1. The summed E-state index contributed by atoms with van der Waals surface area (Å²) in [5, 5.41) is 19.4. The molecule has 0 atom stereocenters. The Morgan fingerprint density at radius 1 is 1.52 bits per heavy atom. The highest BCUT2D eigenvalue weighted by atomic mass is 16.6. The lowest BCUT2D eigenvalue weighted by atomic mass is 10.1. The fourth-order valence-electron chi connectivity index (χ4n) is 1.64. The number of hydrogen-bond donors (Lipinski definition) is 2. The second-order valence-electron chi connectivity index (χ2n) is 4.05. The number of rotatable bonds is 6. The van der Waals surface area contributed by atoms with Crippen LogP contribution < -0.4 is 10.1 Å². The molecule has 1 aromatic heterocycles. The summed E-state index contributed by atoms with van der Waals surface area (Å²) in [4.78, 5) is 25.9. The fraction of sp³-hybridized carbons (Fsp3) is 0.250. The molecule has 2 aromatic rings. The van der Waals surface area contributed by atoms with Crippen molar-refractivity contribution in [2.24, 2.45) is 0 Å². The standard InChI is InChI=1S/C12H13N5O4/c1-2-21-12-14-11(15-16-12)13-10(18)7-8-4-3-5-9(6-8)17(19)20/h3-6H,2,7H2,1H3,(H2,13,14,15,16,18). The molecular formula is C12H13N5O4. The fourth-order valence-corrected chi connectivity index (χ4v) is 1.64. The van der Waals surface area contributed by atoms with E-state index in [0.717, 1.165) is 0 Å². The van der Waals surface area contributed by atoms with Crippen LogP contribution in [0, 0.1) is 10.1 Å². The molecule has 1 heterocycles. The molecule has 9 nitrogen and oxygen atoms in total. The van der Waals surface area contributed by atoms with Gasteiger partial charge in [0.15, 0.2) is 0 Å². The minimum absolute atomic E-state index is 0.00759. The van der Waals surface area contributed by atoms with Gasteiger partial charge < -0.3 is 4.74 Å². The molecule has 0 fully saturated rings. The summed E-state index contributed by atoms with van der Waals surface area (Å²) in [5.74, 6) is -0.205. The van der Waals surface area contributed by atoms with Gasteiger partial charge in [-0.25, -0.2) is 5.10 Å². The Morgan fingerprint density at radius 2 is 2.33 bits per heavy atom. The maximum absolute atomic E-state index is 11.8. The van der Waals surface area contributed by atoms with Crippen molar-refractivity contribution in [1.29, 1.82) is 0 Å². The zero-order valence-electron chi connectivity index (χ0n) is 11.2. The van der Waals surface area contributed by atoms with E-state index in [1.807, 2.05) is 0 Å². The molecule has 1 aromatic carbocycles. The highest BCUT2D eigenvalue weighted by Gasteiger charge is 2.11. The number of aromatic amines is 1. The molecule has 0 aliphatic rings. The number of nitrogens with one attached hydrogen (secondary N) is 2. The predicted octanol–water partition coefficient (Wildman–Crippen LogP) is 1.29. The van der Waals surface area contributed by atoms with E-state index < -0.39 is 4.92 Å². The number of hydrogen-bond acceptors (Lipinski definition) is 6. The molecule has 0 aliphatic heterocycles. The van der Waals surface area contributed by atoms with Gasteiger partial charge in [-0.1, -0.05) is 12.1 Å². The van der Waals surface area contributed by atoms with Gasteiger partial charge in [-0.3, -0.25) is 20.2 Å². The van der Waals surface area contributed by atoms with E-state index in [9.17, 15) is 14.9 Å². The normalized spacial score (nSPS) is 10.1. The van der Waals surface area contributed by atoms with E-state index in [4.69, 9.17) is 4.74 Å². The van der Waals surface area contributed by atoms with Gasteiger partial charge in [0, 0.05) is 12.1 Å². The average Bonchev–Trinajstić information content (AvgIpc) is 2.86. The first-order chi connectivity index (χ1) is 10.1. The van der Waals surface area contributed by atoms with Crippen LogP contribution in [0.5, 0.6) is 6.01 Å². The van der Waals surface area contributed by atoms with Gasteiger partial charge >= 0.3 is 6.01 Å². The Balaban J connectivity index is 1.97. The van der Waals surface area contributed by atoms with Crippen molar-refractivity contribution < 1.29 is 14.5 Å². The lowest BCUT2D eigenvalue weighted by molar-refractivity contribution is -0.384. The number of H-pyrrole nitrogens is 1. The van der Waals surface area contributed by atoms with Crippen molar-refractivity contribution in [3.63, 3.8) is 0 Å². The van der Waals surface area contributed by atoms with Crippen molar-refractivity contribution in [3.05, 3.63) is 39.9 Å². The van der Waals surface area contributed by atoms with Gasteiger partial charge in [-0.2, -0.15) is 4.98 Å². The third kappa shape index (κ3) is 4.00. The van der Waals surface area contributed by atoms with Crippen LogP contribution in [0.3, 0.4) is 0 Å². The average molecular weight is 291 g/mol. The summed E-state index contributed by atoms with van der Waals surface area (Å²) in [7, 11) is 0. The van der Waals surface area contributed by atoms with Crippen LogP contribution in [0.4, 0.5) is 11.6 Å². The number of carbonyl (C=O) groups is 1. The number of amides is 1. The number of aromatic nitrogens is 3. The SMILES string of the molecule is CCOc1n[nH]c(NC(=O)Cc2cccc([N+](=O)[O-])c2)n1. The molecule has 0 saturated carbocycles. The first kappa shape index (κ1) is 14.4. The molecule has 1 amide bonds. The van der Waals surface area contributed by atoms with E-state index in [1.54, 1.807) is 13.0 Å². The van der Waals surface area contributed by atoms with E-state index in [2.05, 4.69) is 20.5 Å². The van der Waals surface area contributed by atoms with Crippen molar-refractivity contribution in [1.82, 2.24) is 15.2 Å². The molecule has 9 heteroatoms. The van der Waals surface area contributed by atoms with Gasteiger partial charge in [-0.05, 0) is 12.5 Å². The second kappa shape index (κ2) is 6.46. The van der Waals surface area contributed by atoms with Crippen LogP contribution in [-0.4, -0.2) is 32.6 Å². The highest BCUT2D eigenvalue weighted by molar-refractivity contribution is 5.90. The van der Waals surface area contributed by atoms with Gasteiger partial charge in [0.2, 0.25) is 11.9 Å². The number of ether oxygens (including phenoxy) is 1. The van der Waals surface area contributed by atoms with Crippen LogP contribution in [0.2, 0.25) is 0 Å². The number of nitro benzene ring substituents is 1. The molecule has 0 spiro atoms.